The molecule has 0 heterocycles. The molecule has 0 saturated carbocycles. The summed E-state index contributed by atoms with van der Waals surface area (Å²) in [4.78, 5) is 23.3. The topological polar surface area (TPSA) is 84.9 Å². The van der Waals surface area contributed by atoms with Gasteiger partial charge >= 0.3 is 12.1 Å². The summed E-state index contributed by atoms with van der Waals surface area (Å²) in [6.07, 6.45) is 2.15. The largest absolute Gasteiger partial charge is 0.491 e. The van der Waals surface area contributed by atoms with Crippen molar-refractivity contribution in [2.75, 3.05) is 6.61 Å². The fourth-order valence-electron chi connectivity index (χ4n) is 3.04. The number of aromatic carboxylic acids is 1. The SMILES string of the molecule is Cc1c(OCC(C)NC(=O)OC(C)(C)C)cc(C(=O)O)c2c1CCC2. The molecular weight excluding hydrogens is 322 g/mol. The van der Waals surface area contributed by atoms with E-state index in [1.807, 2.05) is 13.8 Å². The van der Waals surface area contributed by atoms with E-state index in [4.69, 9.17) is 9.47 Å². The number of alkyl carbamates (subject to hydrolysis) is 1. The second-order valence-electron chi connectivity index (χ2n) is 7.52. The Bertz CT molecular complexity index is 675. The first-order valence-corrected chi connectivity index (χ1v) is 8.59. The highest BCUT2D eigenvalue weighted by atomic mass is 16.6. The van der Waals surface area contributed by atoms with Gasteiger partial charge in [-0.05, 0) is 76.6 Å². The third-order valence-corrected chi connectivity index (χ3v) is 4.12. The third-order valence-electron chi connectivity index (χ3n) is 4.12. The summed E-state index contributed by atoms with van der Waals surface area (Å²) in [6, 6.07) is 1.33. The van der Waals surface area contributed by atoms with Crippen molar-refractivity contribution in [2.45, 2.75) is 65.5 Å². The summed E-state index contributed by atoms with van der Waals surface area (Å²) in [5.74, 6) is -0.362. The molecule has 2 N–H and O–H groups in total. The van der Waals surface area contributed by atoms with Crippen LogP contribution < -0.4 is 10.1 Å². The van der Waals surface area contributed by atoms with Gasteiger partial charge in [-0.25, -0.2) is 9.59 Å². The van der Waals surface area contributed by atoms with Gasteiger partial charge in [0.2, 0.25) is 0 Å². The molecule has 1 aliphatic rings. The number of ether oxygens (including phenoxy) is 2. The van der Waals surface area contributed by atoms with Crippen LogP contribution in [0, 0.1) is 6.92 Å². The third kappa shape index (κ3) is 4.87. The summed E-state index contributed by atoms with van der Waals surface area (Å²) >= 11 is 0. The first-order chi connectivity index (χ1) is 11.6. The molecule has 1 aromatic rings. The van der Waals surface area contributed by atoms with Crippen LogP contribution in [0.2, 0.25) is 0 Å². The molecule has 1 atom stereocenters. The molecule has 0 fully saturated rings. The van der Waals surface area contributed by atoms with Crippen LogP contribution in [0.15, 0.2) is 6.07 Å². The van der Waals surface area contributed by atoms with Gasteiger partial charge in [0.1, 0.15) is 18.0 Å². The molecule has 6 nitrogen and oxygen atoms in total. The van der Waals surface area contributed by atoms with Gasteiger partial charge in [0, 0.05) is 0 Å². The van der Waals surface area contributed by atoms with Crippen LogP contribution in [0.4, 0.5) is 4.79 Å². The zero-order valence-electron chi connectivity index (χ0n) is 15.6. The van der Waals surface area contributed by atoms with Crippen molar-refractivity contribution < 1.29 is 24.2 Å². The van der Waals surface area contributed by atoms with Gasteiger partial charge in [0.05, 0.1) is 11.6 Å². The van der Waals surface area contributed by atoms with Crippen molar-refractivity contribution in [2.24, 2.45) is 0 Å². The van der Waals surface area contributed by atoms with Crippen LogP contribution in [0.25, 0.3) is 0 Å². The van der Waals surface area contributed by atoms with Gasteiger partial charge in [0.15, 0.2) is 0 Å². The minimum Gasteiger partial charge on any atom is -0.491 e. The number of amides is 1. The summed E-state index contributed by atoms with van der Waals surface area (Å²) in [7, 11) is 0. The van der Waals surface area contributed by atoms with Gasteiger partial charge in [-0.3, -0.25) is 0 Å². The number of benzene rings is 1. The Labute approximate surface area is 148 Å². The lowest BCUT2D eigenvalue weighted by Crippen LogP contribution is -2.40. The minimum absolute atomic E-state index is 0.234. The summed E-state index contributed by atoms with van der Waals surface area (Å²) in [5.41, 5.74) is 2.76. The quantitative estimate of drug-likeness (QED) is 0.850. The molecule has 0 bridgehead atoms. The average molecular weight is 349 g/mol. The summed E-state index contributed by atoms with van der Waals surface area (Å²) in [5, 5.41) is 12.2. The highest BCUT2D eigenvalue weighted by Crippen LogP contribution is 2.34. The molecule has 2 rings (SSSR count). The zero-order chi connectivity index (χ0) is 18.8. The van der Waals surface area contributed by atoms with Crippen LogP contribution in [0.5, 0.6) is 5.75 Å². The lowest BCUT2D eigenvalue weighted by atomic mass is 9.98. The van der Waals surface area contributed by atoms with Gasteiger partial charge in [0.25, 0.3) is 0 Å². The molecule has 0 spiro atoms. The Morgan fingerprint density at radius 1 is 1.28 bits per heavy atom. The van der Waals surface area contributed by atoms with Crippen LogP contribution >= 0.6 is 0 Å². The molecule has 1 aliphatic carbocycles. The number of carbonyl (C=O) groups is 2. The first-order valence-electron chi connectivity index (χ1n) is 8.59. The van der Waals surface area contributed by atoms with E-state index >= 15 is 0 Å². The number of fused-ring (bicyclic) bond motifs is 1. The number of hydrogen-bond acceptors (Lipinski definition) is 4. The van der Waals surface area contributed by atoms with Gasteiger partial charge < -0.3 is 19.9 Å². The lowest BCUT2D eigenvalue weighted by molar-refractivity contribution is 0.0493. The number of carboxylic acid groups (broad SMARTS) is 1. The molecule has 1 aromatic carbocycles. The molecule has 1 unspecified atom stereocenters. The Hall–Kier alpha value is -2.24. The van der Waals surface area contributed by atoms with E-state index in [-0.39, 0.29) is 12.6 Å². The maximum Gasteiger partial charge on any atom is 0.407 e. The molecule has 0 aliphatic heterocycles. The standard InChI is InChI=1S/C19H27NO5/c1-11(20-18(23)25-19(3,4)5)10-24-16-9-15(17(21)22)14-8-6-7-13(14)12(16)2/h9,11H,6-8,10H2,1-5H3,(H,20,23)(H,21,22). The van der Waals surface area contributed by atoms with Crippen molar-refractivity contribution >= 4 is 12.1 Å². The van der Waals surface area contributed by atoms with Crippen molar-refractivity contribution in [3.8, 4) is 5.75 Å². The monoisotopic (exact) mass is 349 g/mol. The van der Waals surface area contributed by atoms with E-state index in [2.05, 4.69) is 5.32 Å². The summed E-state index contributed by atoms with van der Waals surface area (Å²) < 4.78 is 11.0. The minimum atomic E-state index is -0.928. The number of hydrogen-bond donors (Lipinski definition) is 2. The smallest absolute Gasteiger partial charge is 0.407 e. The number of carboxylic acids is 1. The fraction of sp³-hybridized carbons (Fsp3) is 0.579. The molecule has 25 heavy (non-hydrogen) atoms. The van der Waals surface area contributed by atoms with Crippen LogP contribution in [-0.2, 0) is 17.6 Å². The van der Waals surface area contributed by atoms with E-state index in [0.29, 0.717) is 11.3 Å². The Morgan fingerprint density at radius 3 is 2.52 bits per heavy atom. The maximum atomic E-state index is 11.8. The zero-order valence-corrected chi connectivity index (χ0v) is 15.6. The molecule has 0 aromatic heterocycles. The fourth-order valence-corrected chi connectivity index (χ4v) is 3.04. The molecule has 0 saturated heterocycles. The van der Waals surface area contributed by atoms with Crippen molar-refractivity contribution in [3.63, 3.8) is 0 Å². The molecule has 0 radical (unpaired) electrons. The summed E-state index contributed by atoms with van der Waals surface area (Å²) in [6.45, 7) is 9.40. The predicted octanol–water partition coefficient (Wildman–Crippen LogP) is 3.47. The maximum absolute atomic E-state index is 11.8. The van der Waals surface area contributed by atoms with E-state index in [9.17, 15) is 14.7 Å². The van der Waals surface area contributed by atoms with Crippen molar-refractivity contribution in [1.29, 1.82) is 0 Å². The molecule has 138 valence electrons. The second kappa shape index (κ2) is 7.33. The van der Waals surface area contributed by atoms with Crippen molar-refractivity contribution in [3.05, 3.63) is 28.3 Å². The van der Waals surface area contributed by atoms with Gasteiger partial charge in [-0.15, -0.1) is 0 Å². The van der Waals surface area contributed by atoms with E-state index in [1.165, 1.54) is 0 Å². The number of rotatable bonds is 5. The van der Waals surface area contributed by atoms with Gasteiger partial charge in [-0.1, -0.05) is 0 Å². The Morgan fingerprint density at radius 2 is 1.92 bits per heavy atom. The Kier molecular flexibility index (Phi) is 5.60. The van der Waals surface area contributed by atoms with E-state index in [0.717, 1.165) is 36.0 Å². The average Bonchev–Trinajstić information content (AvgIpc) is 2.93. The highest BCUT2D eigenvalue weighted by molar-refractivity contribution is 5.91. The number of nitrogens with one attached hydrogen (secondary N) is 1. The van der Waals surface area contributed by atoms with Crippen LogP contribution in [-0.4, -0.2) is 35.4 Å². The van der Waals surface area contributed by atoms with Gasteiger partial charge in [-0.2, -0.15) is 0 Å². The van der Waals surface area contributed by atoms with Crippen LogP contribution in [0.3, 0.4) is 0 Å². The normalized spacial score (nSPS) is 14.6. The predicted molar refractivity (Wildman–Crippen MR) is 94.5 cm³/mol. The van der Waals surface area contributed by atoms with E-state index < -0.39 is 17.7 Å². The molecular formula is C19H27NO5. The first kappa shape index (κ1) is 19.1. The van der Waals surface area contributed by atoms with Crippen LogP contribution in [0.1, 0.15) is 61.2 Å². The van der Waals surface area contributed by atoms with E-state index in [1.54, 1.807) is 26.8 Å². The Balaban J connectivity index is 2.05. The molecule has 6 heteroatoms. The highest BCUT2D eigenvalue weighted by Gasteiger charge is 2.24. The van der Waals surface area contributed by atoms with Crippen molar-refractivity contribution in [1.82, 2.24) is 5.32 Å². The lowest BCUT2D eigenvalue weighted by Gasteiger charge is -2.22. The molecule has 1 amide bonds. The number of carbonyl (C=O) groups excluding carboxylic acids is 1. The second-order valence-corrected chi connectivity index (χ2v) is 7.52.